The highest BCUT2D eigenvalue weighted by atomic mass is 35.5. The Kier molecular flexibility index (Phi) is 6.04. The van der Waals surface area contributed by atoms with Gasteiger partial charge in [-0.2, -0.15) is 10.2 Å². The maximum atomic E-state index is 12.8. The second kappa shape index (κ2) is 9.06. The summed E-state index contributed by atoms with van der Waals surface area (Å²) in [5, 5.41) is 9.22. The van der Waals surface area contributed by atoms with E-state index in [0.29, 0.717) is 17.3 Å². The van der Waals surface area contributed by atoms with Crippen molar-refractivity contribution >= 4 is 17.5 Å². The number of carbonyl (C=O) groups is 1. The fourth-order valence-corrected chi connectivity index (χ4v) is 3.40. The second-order valence-corrected chi connectivity index (χ2v) is 7.64. The number of benzene rings is 2. The van der Waals surface area contributed by atoms with Crippen molar-refractivity contribution in [1.82, 2.24) is 24.5 Å². The molecule has 0 radical (unpaired) electrons. The minimum absolute atomic E-state index is 0.155. The summed E-state index contributed by atoms with van der Waals surface area (Å²) in [5.74, 6) is 0.570. The Bertz CT molecular complexity index is 1170. The first-order valence-corrected chi connectivity index (χ1v) is 10.1. The van der Waals surface area contributed by atoms with Gasteiger partial charge >= 0.3 is 0 Å². The summed E-state index contributed by atoms with van der Waals surface area (Å²) >= 11 is 5.97. The number of aromatic nitrogens is 4. The molecular formula is C23H22ClN5O2. The zero-order valence-corrected chi connectivity index (χ0v) is 18.0. The number of carbonyl (C=O) groups excluding carboxylic acids is 1. The van der Waals surface area contributed by atoms with Crippen molar-refractivity contribution in [1.29, 1.82) is 0 Å². The molecule has 0 fully saturated rings. The molecule has 31 heavy (non-hydrogen) atoms. The number of rotatable bonds is 7. The topological polar surface area (TPSA) is 65.2 Å². The molecule has 0 atom stereocenters. The van der Waals surface area contributed by atoms with E-state index in [4.69, 9.17) is 16.3 Å². The van der Waals surface area contributed by atoms with Crippen molar-refractivity contribution in [2.75, 3.05) is 7.05 Å². The van der Waals surface area contributed by atoms with Gasteiger partial charge in [-0.1, -0.05) is 23.7 Å². The van der Waals surface area contributed by atoms with E-state index in [2.05, 4.69) is 10.2 Å². The van der Waals surface area contributed by atoms with Gasteiger partial charge in [0.2, 0.25) is 0 Å². The monoisotopic (exact) mass is 435 g/mol. The standard InChI is InChI=1S/C23H22ClN5O2/c1-17-14-19(24)6-9-22(17)31-16-28-13-10-21(26-28)23(30)27(2)15-18-4-7-20(8-5-18)29-12-3-11-25-29/h3-14H,15-16H2,1-2H3. The van der Waals surface area contributed by atoms with E-state index in [1.807, 2.05) is 55.6 Å². The second-order valence-electron chi connectivity index (χ2n) is 7.20. The molecule has 2 aromatic carbocycles. The summed E-state index contributed by atoms with van der Waals surface area (Å²) in [6.07, 6.45) is 5.35. The molecule has 7 nitrogen and oxygen atoms in total. The van der Waals surface area contributed by atoms with Gasteiger partial charge in [-0.25, -0.2) is 9.36 Å². The summed E-state index contributed by atoms with van der Waals surface area (Å²) in [5.41, 5.74) is 3.30. The molecule has 0 N–H and O–H groups in total. The zero-order chi connectivity index (χ0) is 21.8. The highest BCUT2D eigenvalue weighted by Gasteiger charge is 2.15. The molecule has 8 heteroatoms. The van der Waals surface area contributed by atoms with E-state index in [-0.39, 0.29) is 12.6 Å². The van der Waals surface area contributed by atoms with Gasteiger partial charge in [-0.05, 0) is 60.5 Å². The van der Waals surface area contributed by atoms with Gasteiger partial charge in [0.25, 0.3) is 5.91 Å². The van der Waals surface area contributed by atoms with E-state index in [0.717, 1.165) is 22.6 Å². The highest BCUT2D eigenvalue weighted by Crippen LogP contribution is 2.22. The number of ether oxygens (including phenoxy) is 1. The van der Waals surface area contributed by atoms with Gasteiger partial charge < -0.3 is 9.64 Å². The third kappa shape index (κ3) is 4.95. The number of hydrogen-bond acceptors (Lipinski definition) is 4. The van der Waals surface area contributed by atoms with Crippen LogP contribution in [0.4, 0.5) is 0 Å². The molecule has 0 aliphatic carbocycles. The normalized spacial score (nSPS) is 10.8. The smallest absolute Gasteiger partial charge is 0.274 e. The lowest BCUT2D eigenvalue weighted by molar-refractivity contribution is 0.0777. The quantitative estimate of drug-likeness (QED) is 0.433. The van der Waals surface area contributed by atoms with E-state index < -0.39 is 0 Å². The molecule has 4 aromatic rings. The number of hydrogen-bond donors (Lipinski definition) is 0. The van der Waals surface area contributed by atoms with E-state index in [1.165, 1.54) is 0 Å². The number of nitrogens with zero attached hydrogens (tertiary/aromatic N) is 5. The van der Waals surface area contributed by atoms with Crippen LogP contribution < -0.4 is 4.74 Å². The Morgan fingerprint density at radius 3 is 2.65 bits per heavy atom. The van der Waals surface area contributed by atoms with Gasteiger partial charge in [0.15, 0.2) is 12.4 Å². The summed E-state index contributed by atoms with van der Waals surface area (Å²) < 4.78 is 9.16. The molecular weight excluding hydrogens is 414 g/mol. The van der Waals surface area contributed by atoms with Crippen LogP contribution in [0.5, 0.6) is 5.75 Å². The van der Waals surface area contributed by atoms with Crippen molar-refractivity contribution in [3.63, 3.8) is 0 Å². The van der Waals surface area contributed by atoms with Crippen molar-refractivity contribution in [2.45, 2.75) is 20.2 Å². The minimum Gasteiger partial charge on any atom is -0.471 e. The Hall–Kier alpha value is -3.58. The molecule has 0 spiro atoms. The lowest BCUT2D eigenvalue weighted by Crippen LogP contribution is -2.26. The first-order chi connectivity index (χ1) is 15.0. The van der Waals surface area contributed by atoms with Gasteiger partial charge in [0.1, 0.15) is 5.75 Å². The SMILES string of the molecule is Cc1cc(Cl)ccc1OCn1ccc(C(=O)N(C)Cc2ccc(-n3cccn3)cc2)n1. The van der Waals surface area contributed by atoms with Crippen molar-refractivity contribution < 1.29 is 9.53 Å². The van der Waals surface area contributed by atoms with Crippen LogP contribution in [0.15, 0.2) is 73.2 Å². The molecule has 0 aliphatic rings. The van der Waals surface area contributed by atoms with Crippen molar-refractivity contribution in [3.8, 4) is 11.4 Å². The Morgan fingerprint density at radius 1 is 1.13 bits per heavy atom. The average molecular weight is 436 g/mol. The Labute approximate surface area is 185 Å². The molecule has 0 unspecified atom stereocenters. The molecule has 2 heterocycles. The molecule has 2 aromatic heterocycles. The third-order valence-corrected chi connectivity index (χ3v) is 5.06. The lowest BCUT2D eigenvalue weighted by Gasteiger charge is -2.16. The maximum Gasteiger partial charge on any atom is 0.274 e. The van der Waals surface area contributed by atoms with Crippen LogP contribution in [0.3, 0.4) is 0 Å². The number of halogens is 1. The predicted octanol–water partition coefficient (Wildman–Crippen LogP) is 4.34. The molecule has 4 rings (SSSR count). The molecule has 0 bridgehead atoms. The third-order valence-electron chi connectivity index (χ3n) is 4.82. The molecule has 0 aliphatic heterocycles. The van der Waals surface area contributed by atoms with Crippen LogP contribution in [0, 0.1) is 6.92 Å². The van der Waals surface area contributed by atoms with E-state index >= 15 is 0 Å². The minimum atomic E-state index is -0.155. The van der Waals surface area contributed by atoms with Crippen LogP contribution in [-0.2, 0) is 13.3 Å². The van der Waals surface area contributed by atoms with Crippen LogP contribution in [0.25, 0.3) is 5.69 Å². The maximum absolute atomic E-state index is 12.8. The Balaban J connectivity index is 1.35. The summed E-state index contributed by atoms with van der Waals surface area (Å²) in [6.45, 7) is 2.61. The average Bonchev–Trinajstić information content (AvgIpc) is 3.45. The summed E-state index contributed by atoms with van der Waals surface area (Å²) in [7, 11) is 1.76. The summed E-state index contributed by atoms with van der Waals surface area (Å²) in [6, 6.07) is 16.9. The molecule has 1 amide bonds. The molecule has 0 saturated heterocycles. The fourth-order valence-electron chi connectivity index (χ4n) is 3.17. The van der Waals surface area contributed by atoms with Gasteiger partial charge in [-0.15, -0.1) is 0 Å². The van der Waals surface area contributed by atoms with Crippen molar-refractivity contribution in [3.05, 3.63) is 95.0 Å². The Morgan fingerprint density at radius 2 is 1.94 bits per heavy atom. The van der Waals surface area contributed by atoms with Crippen LogP contribution in [0.1, 0.15) is 21.6 Å². The fraction of sp³-hybridized carbons (Fsp3) is 0.174. The van der Waals surface area contributed by atoms with Crippen molar-refractivity contribution in [2.24, 2.45) is 0 Å². The molecule has 0 saturated carbocycles. The van der Waals surface area contributed by atoms with E-state index in [9.17, 15) is 4.79 Å². The first-order valence-electron chi connectivity index (χ1n) is 9.76. The number of aryl methyl sites for hydroxylation is 1. The van der Waals surface area contributed by atoms with Crippen LogP contribution in [0.2, 0.25) is 5.02 Å². The van der Waals surface area contributed by atoms with Gasteiger partial charge in [0, 0.05) is 37.2 Å². The summed E-state index contributed by atoms with van der Waals surface area (Å²) in [4.78, 5) is 14.4. The van der Waals surface area contributed by atoms with Gasteiger partial charge in [-0.3, -0.25) is 4.79 Å². The van der Waals surface area contributed by atoms with E-state index in [1.54, 1.807) is 45.8 Å². The largest absolute Gasteiger partial charge is 0.471 e. The molecule has 158 valence electrons. The van der Waals surface area contributed by atoms with Crippen LogP contribution >= 0.6 is 11.6 Å². The number of amides is 1. The van der Waals surface area contributed by atoms with Gasteiger partial charge in [0.05, 0.1) is 5.69 Å². The lowest BCUT2D eigenvalue weighted by atomic mass is 10.2. The highest BCUT2D eigenvalue weighted by molar-refractivity contribution is 6.30. The first kappa shape index (κ1) is 20.7. The van der Waals surface area contributed by atoms with Crippen LogP contribution in [-0.4, -0.2) is 37.4 Å². The predicted molar refractivity (Wildman–Crippen MR) is 118 cm³/mol. The zero-order valence-electron chi connectivity index (χ0n) is 17.3.